The van der Waals surface area contributed by atoms with Gasteiger partial charge in [0.1, 0.15) is 42.3 Å². The van der Waals surface area contributed by atoms with Crippen LogP contribution in [0.1, 0.15) is 5.56 Å². The highest BCUT2D eigenvalue weighted by molar-refractivity contribution is 5.93. The Morgan fingerprint density at radius 2 is 1.42 bits per heavy atom. The van der Waals surface area contributed by atoms with Crippen LogP contribution in [0.25, 0.3) is 10.8 Å². The van der Waals surface area contributed by atoms with Crippen molar-refractivity contribution in [3.8, 4) is 23.0 Å². The Morgan fingerprint density at radius 1 is 0.763 bits per heavy atom. The Kier molecular flexibility index (Phi) is 8.16. The minimum atomic E-state index is -0.613. The highest BCUT2D eigenvalue weighted by atomic mass is 16.5. The third kappa shape index (κ3) is 6.13. The molecule has 1 heterocycles. The molecule has 1 aliphatic rings. The Labute approximate surface area is 223 Å². The third-order valence-electron chi connectivity index (χ3n) is 6.86. The van der Waals surface area contributed by atoms with Crippen molar-refractivity contribution in [2.45, 2.75) is 12.7 Å². The average Bonchev–Trinajstić information content (AvgIpc) is 2.96. The lowest BCUT2D eigenvalue weighted by molar-refractivity contribution is 0.0668. The smallest absolute Gasteiger partial charge is 0.145 e. The van der Waals surface area contributed by atoms with Crippen molar-refractivity contribution in [3.05, 3.63) is 90.5 Å². The quantitative estimate of drug-likeness (QED) is 0.318. The zero-order chi connectivity index (χ0) is 26.3. The van der Waals surface area contributed by atoms with Gasteiger partial charge in [0.15, 0.2) is 0 Å². The summed E-state index contributed by atoms with van der Waals surface area (Å²) in [6, 6.07) is 27.2. The number of fused-ring (bicyclic) bond motifs is 1. The van der Waals surface area contributed by atoms with Gasteiger partial charge in [0.25, 0.3) is 0 Å². The number of β-amino-alcohol motifs (C(OH)–C–C–N with tert-alkyl or cyclic N) is 1. The fraction of sp³-hybridized carbons (Fsp3) is 0.290. The number of ether oxygens (including phenoxy) is 3. The molecule has 1 unspecified atom stereocenters. The second-order valence-electron chi connectivity index (χ2n) is 9.49. The number of phenols is 1. The number of aliphatic hydroxyl groups excluding tert-OH is 1. The van der Waals surface area contributed by atoms with Crippen molar-refractivity contribution >= 4 is 16.5 Å². The highest BCUT2D eigenvalue weighted by Crippen LogP contribution is 2.34. The summed E-state index contributed by atoms with van der Waals surface area (Å²) in [6.45, 7) is 4.50. The summed E-state index contributed by atoms with van der Waals surface area (Å²) in [4.78, 5) is 4.49. The number of nitrogens with zero attached hydrogens (tertiary/aromatic N) is 2. The van der Waals surface area contributed by atoms with Crippen molar-refractivity contribution in [2.75, 3.05) is 51.3 Å². The predicted octanol–water partition coefficient (Wildman–Crippen LogP) is 4.69. The molecule has 0 spiro atoms. The summed E-state index contributed by atoms with van der Waals surface area (Å²) < 4.78 is 17.6. The number of benzene rings is 4. The van der Waals surface area contributed by atoms with Gasteiger partial charge in [0, 0.05) is 49.6 Å². The summed E-state index contributed by atoms with van der Waals surface area (Å²) >= 11 is 0. The van der Waals surface area contributed by atoms with E-state index in [0.717, 1.165) is 59.7 Å². The van der Waals surface area contributed by atoms with Crippen LogP contribution in [0.2, 0.25) is 0 Å². The van der Waals surface area contributed by atoms with Crippen LogP contribution in [-0.2, 0) is 6.61 Å². The lowest BCUT2D eigenvalue weighted by Crippen LogP contribution is -2.49. The van der Waals surface area contributed by atoms with Crippen molar-refractivity contribution in [3.63, 3.8) is 0 Å². The lowest BCUT2D eigenvalue weighted by atomic mass is 10.1. The molecule has 0 saturated carbocycles. The van der Waals surface area contributed by atoms with E-state index in [0.29, 0.717) is 18.9 Å². The van der Waals surface area contributed by atoms with Crippen LogP contribution in [0.3, 0.4) is 0 Å². The van der Waals surface area contributed by atoms with E-state index >= 15 is 0 Å². The number of aliphatic hydroxyl groups is 1. The summed E-state index contributed by atoms with van der Waals surface area (Å²) in [6.07, 6.45) is -0.613. The van der Waals surface area contributed by atoms with Crippen molar-refractivity contribution < 1.29 is 24.4 Å². The first-order valence-corrected chi connectivity index (χ1v) is 12.9. The Morgan fingerprint density at radius 3 is 2.11 bits per heavy atom. The first-order valence-electron chi connectivity index (χ1n) is 12.9. The topological polar surface area (TPSA) is 74.6 Å². The minimum Gasteiger partial charge on any atom is -0.508 e. The highest BCUT2D eigenvalue weighted by Gasteiger charge is 2.22. The number of hydrogen-bond acceptors (Lipinski definition) is 7. The number of methoxy groups -OCH3 is 1. The SMILES string of the molecule is COc1cc(O)ccc1N1CCN(CC(O)COc2ccc(OCc3ccccc3)c3ccccc23)CC1. The molecule has 4 aromatic rings. The van der Waals surface area contributed by atoms with Crippen molar-refractivity contribution in [1.82, 2.24) is 4.90 Å². The molecule has 0 radical (unpaired) electrons. The molecular weight excluding hydrogens is 480 g/mol. The second-order valence-corrected chi connectivity index (χ2v) is 9.49. The van der Waals surface area contributed by atoms with Gasteiger partial charge < -0.3 is 29.3 Å². The third-order valence-corrected chi connectivity index (χ3v) is 6.86. The zero-order valence-corrected chi connectivity index (χ0v) is 21.6. The fourth-order valence-corrected chi connectivity index (χ4v) is 4.87. The molecule has 7 heteroatoms. The zero-order valence-electron chi connectivity index (χ0n) is 21.6. The van der Waals surface area contributed by atoms with Gasteiger partial charge in [-0.25, -0.2) is 0 Å². The van der Waals surface area contributed by atoms with Crippen LogP contribution in [0.4, 0.5) is 5.69 Å². The van der Waals surface area contributed by atoms with E-state index in [9.17, 15) is 10.2 Å². The molecule has 1 atom stereocenters. The molecule has 38 heavy (non-hydrogen) atoms. The van der Waals surface area contributed by atoms with Gasteiger partial charge in [-0.3, -0.25) is 4.90 Å². The van der Waals surface area contributed by atoms with Gasteiger partial charge in [0.05, 0.1) is 12.8 Å². The first kappa shape index (κ1) is 25.7. The molecular formula is C31H34N2O5. The fourth-order valence-electron chi connectivity index (χ4n) is 4.87. The monoisotopic (exact) mass is 514 g/mol. The molecule has 1 fully saturated rings. The number of aromatic hydroxyl groups is 1. The van der Waals surface area contributed by atoms with E-state index in [2.05, 4.69) is 9.80 Å². The summed E-state index contributed by atoms with van der Waals surface area (Å²) in [5.41, 5.74) is 2.08. The number of phenolic OH excluding ortho intramolecular Hbond substituents is 1. The van der Waals surface area contributed by atoms with Crippen LogP contribution >= 0.6 is 0 Å². The maximum Gasteiger partial charge on any atom is 0.145 e. The molecule has 0 aliphatic carbocycles. The number of rotatable bonds is 10. The second kappa shape index (κ2) is 12.1. The molecule has 0 amide bonds. The van der Waals surface area contributed by atoms with E-state index in [1.54, 1.807) is 19.2 Å². The molecule has 1 saturated heterocycles. The van der Waals surface area contributed by atoms with E-state index < -0.39 is 6.10 Å². The van der Waals surface area contributed by atoms with Crippen molar-refractivity contribution in [1.29, 1.82) is 0 Å². The van der Waals surface area contributed by atoms with Crippen LogP contribution in [0.5, 0.6) is 23.0 Å². The normalized spacial score (nSPS) is 14.8. The molecule has 5 rings (SSSR count). The Balaban J connectivity index is 1.15. The number of piperazine rings is 1. The van der Waals surface area contributed by atoms with Crippen LogP contribution in [-0.4, -0.2) is 67.7 Å². The molecule has 0 aromatic heterocycles. The molecule has 2 N–H and O–H groups in total. The summed E-state index contributed by atoms with van der Waals surface area (Å²) in [7, 11) is 1.61. The Hall–Kier alpha value is -3.94. The standard InChI is InChI=1S/C31H34N2O5/c1-36-31-19-24(34)11-12-28(31)33-17-15-32(16-18-33)20-25(35)22-38-30-14-13-29(26-9-5-6-10-27(26)30)37-21-23-7-3-2-4-8-23/h2-14,19,25,34-35H,15-18,20-22H2,1H3. The number of hydrogen-bond donors (Lipinski definition) is 2. The Bertz CT molecular complexity index is 1340. The summed E-state index contributed by atoms with van der Waals surface area (Å²) in [5.74, 6) is 2.39. The largest absolute Gasteiger partial charge is 0.508 e. The van der Waals surface area contributed by atoms with Gasteiger partial charge in [-0.1, -0.05) is 54.6 Å². The van der Waals surface area contributed by atoms with Crippen LogP contribution in [0.15, 0.2) is 84.9 Å². The van der Waals surface area contributed by atoms with E-state index in [4.69, 9.17) is 14.2 Å². The molecule has 4 aromatic carbocycles. The molecule has 198 valence electrons. The van der Waals surface area contributed by atoms with Gasteiger partial charge in [-0.15, -0.1) is 0 Å². The van der Waals surface area contributed by atoms with Gasteiger partial charge in [-0.05, 0) is 29.8 Å². The average molecular weight is 515 g/mol. The van der Waals surface area contributed by atoms with Crippen LogP contribution in [0, 0.1) is 0 Å². The van der Waals surface area contributed by atoms with E-state index in [1.807, 2.05) is 72.8 Å². The van der Waals surface area contributed by atoms with Crippen molar-refractivity contribution in [2.24, 2.45) is 0 Å². The molecule has 7 nitrogen and oxygen atoms in total. The minimum absolute atomic E-state index is 0.189. The number of anilines is 1. The van der Waals surface area contributed by atoms with E-state index in [-0.39, 0.29) is 12.4 Å². The van der Waals surface area contributed by atoms with Gasteiger partial charge in [0.2, 0.25) is 0 Å². The maximum atomic E-state index is 10.7. The molecule has 0 bridgehead atoms. The summed E-state index contributed by atoms with van der Waals surface area (Å²) in [5, 5.41) is 22.4. The first-order chi connectivity index (χ1) is 18.6. The van der Waals surface area contributed by atoms with Gasteiger partial charge in [-0.2, -0.15) is 0 Å². The van der Waals surface area contributed by atoms with Gasteiger partial charge >= 0.3 is 0 Å². The molecule has 1 aliphatic heterocycles. The van der Waals surface area contributed by atoms with E-state index in [1.165, 1.54) is 0 Å². The lowest BCUT2D eigenvalue weighted by Gasteiger charge is -2.37. The predicted molar refractivity (Wildman–Crippen MR) is 150 cm³/mol. The van der Waals surface area contributed by atoms with Crippen LogP contribution < -0.4 is 19.1 Å². The maximum absolute atomic E-state index is 10.7.